The van der Waals surface area contributed by atoms with Gasteiger partial charge in [0, 0.05) is 25.0 Å². The molecule has 3 nitrogen and oxygen atoms in total. The van der Waals surface area contributed by atoms with E-state index in [1.807, 2.05) is 30.8 Å². The summed E-state index contributed by atoms with van der Waals surface area (Å²) in [5.41, 5.74) is 1.71. The number of halogens is 1. The molecule has 2 aromatic rings. The van der Waals surface area contributed by atoms with Gasteiger partial charge in [-0.25, -0.2) is 9.37 Å². The van der Waals surface area contributed by atoms with Crippen molar-refractivity contribution in [2.75, 3.05) is 6.54 Å². The zero-order valence-electron chi connectivity index (χ0n) is 11.7. The molecule has 0 saturated heterocycles. The van der Waals surface area contributed by atoms with Gasteiger partial charge in [0.15, 0.2) is 0 Å². The Morgan fingerprint density at radius 3 is 2.84 bits per heavy atom. The number of nitrogens with zero attached hydrogens (tertiary/aromatic N) is 2. The maximum absolute atomic E-state index is 14.1. The second kappa shape index (κ2) is 5.97. The highest BCUT2D eigenvalue weighted by Gasteiger charge is 2.20. The van der Waals surface area contributed by atoms with Gasteiger partial charge in [0.2, 0.25) is 0 Å². The first-order chi connectivity index (χ1) is 9.13. The van der Waals surface area contributed by atoms with Crippen LogP contribution in [0.1, 0.15) is 36.3 Å². The number of hydrogen-bond acceptors (Lipinski definition) is 2. The number of rotatable bonds is 5. The lowest BCUT2D eigenvalue weighted by molar-refractivity contribution is 0.519. The zero-order valence-corrected chi connectivity index (χ0v) is 11.7. The molecule has 0 aliphatic heterocycles. The quantitative estimate of drug-likeness (QED) is 0.896. The van der Waals surface area contributed by atoms with Gasteiger partial charge in [-0.1, -0.05) is 24.6 Å². The van der Waals surface area contributed by atoms with Gasteiger partial charge < -0.3 is 9.88 Å². The molecule has 1 atom stereocenters. The van der Waals surface area contributed by atoms with Gasteiger partial charge in [-0.15, -0.1) is 0 Å². The Balaban J connectivity index is 2.42. The van der Waals surface area contributed by atoms with Crippen LogP contribution < -0.4 is 5.32 Å². The predicted octanol–water partition coefficient (Wildman–Crippen LogP) is 2.96. The van der Waals surface area contributed by atoms with Crippen molar-refractivity contribution >= 4 is 0 Å². The van der Waals surface area contributed by atoms with E-state index < -0.39 is 0 Å². The zero-order chi connectivity index (χ0) is 13.8. The lowest BCUT2D eigenvalue weighted by Gasteiger charge is -2.20. The van der Waals surface area contributed by atoms with Gasteiger partial charge in [0.1, 0.15) is 11.6 Å². The van der Waals surface area contributed by atoms with Crippen molar-refractivity contribution < 1.29 is 4.39 Å². The van der Waals surface area contributed by atoms with E-state index in [4.69, 9.17) is 0 Å². The number of benzene rings is 1. The van der Waals surface area contributed by atoms with Crippen LogP contribution in [-0.4, -0.2) is 16.1 Å². The SMILES string of the molecule is CCCNC(c1cc(C)ccc1F)c1nccn1C. The first-order valence-electron chi connectivity index (χ1n) is 6.60. The number of aromatic nitrogens is 2. The molecule has 1 aromatic carbocycles. The van der Waals surface area contributed by atoms with Crippen LogP contribution in [0.4, 0.5) is 4.39 Å². The van der Waals surface area contributed by atoms with Crippen LogP contribution in [-0.2, 0) is 7.05 Å². The van der Waals surface area contributed by atoms with Crippen LogP contribution in [0.3, 0.4) is 0 Å². The summed E-state index contributed by atoms with van der Waals surface area (Å²) < 4.78 is 16.0. The van der Waals surface area contributed by atoms with Crippen LogP contribution in [0.15, 0.2) is 30.6 Å². The standard InChI is InChI=1S/C15H20FN3/c1-4-7-17-14(15-18-8-9-19(15)3)12-10-11(2)5-6-13(12)16/h5-6,8-10,14,17H,4,7H2,1-3H3. The smallest absolute Gasteiger partial charge is 0.130 e. The fourth-order valence-electron chi connectivity index (χ4n) is 2.17. The molecule has 2 rings (SSSR count). The molecule has 0 saturated carbocycles. The molecule has 102 valence electrons. The van der Waals surface area contributed by atoms with Crippen molar-refractivity contribution in [3.8, 4) is 0 Å². The third-order valence-corrected chi connectivity index (χ3v) is 3.18. The Morgan fingerprint density at radius 1 is 1.42 bits per heavy atom. The van der Waals surface area contributed by atoms with E-state index in [0.717, 1.165) is 24.4 Å². The molecule has 0 bridgehead atoms. The fraction of sp³-hybridized carbons (Fsp3) is 0.400. The van der Waals surface area contributed by atoms with Gasteiger partial charge in [0.05, 0.1) is 6.04 Å². The summed E-state index contributed by atoms with van der Waals surface area (Å²) in [5.74, 6) is 0.639. The third-order valence-electron chi connectivity index (χ3n) is 3.18. The van der Waals surface area contributed by atoms with Crippen LogP contribution in [0.5, 0.6) is 0 Å². The van der Waals surface area contributed by atoms with Crippen molar-refractivity contribution in [1.82, 2.24) is 14.9 Å². The molecular formula is C15H20FN3. The van der Waals surface area contributed by atoms with Crippen molar-refractivity contribution in [2.45, 2.75) is 26.3 Å². The van der Waals surface area contributed by atoms with E-state index in [1.165, 1.54) is 6.07 Å². The molecule has 1 N–H and O–H groups in total. The van der Waals surface area contributed by atoms with Crippen LogP contribution in [0.25, 0.3) is 0 Å². The molecule has 0 fully saturated rings. The monoisotopic (exact) mass is 261 g/mol. The molecule has 4 heteroatoms. The van der Waals surface area contributed by atoms with E-state index in [0.29, 0.717) is 5.56 Å². The van der Waals surface area contributed by atoms with Gasteiger partial charge in [0.25, 0.3) is 0 Å². The summed E-state index contributed by atoms with van der Waals surface area (Å²) in [6, 6.07) is 4.99. The fourth-order valence-corrected chi connectivity index (χ4v) is 2.17. The Kier molecular flexibility index (Phi) is 4.32. The minimum atomic E-state index is -0.208. The number of nitrogens with one attached hydrogen (secondary N) is 1. The first kappa shape index (κ1) is 13.7. The second-order valence-corrected chi connectivity index (χ2v) is 4.81. The summed E-state index contributed by atoms with van der Waals surface area (Å²) in [6.45, 7) is 4.89. The van der Waals surface area contributed by atoms with E-state index in [9.17, 15) is 4.39 Å². The topological polar surface area (TPSA) is 29.9 Å². The summed E-state index contributed by atoms with van der Waals surface area (Å²) in [5, 5.41) is 3.37. The minimum Gasteiger partial charge on any atom is -0.336 e. The molecular weight excluding hydrogens is 241 g/mol. The lowest BCUT2D eigenvalue weighted by Crippen LogP contribution is -2.26. The van der Waals surface area contributed by atoms with Crippen LogP contribution in [0, 0.1) is 12.7 Å². The van der Waals surface area contributed by atoms with Crippen molar-refractivity contribution in [1.29, 1.82) is 0 Å². The van der Waals surface area contributed by atoms with Crippen molar-refractivity contribution in [3.05, 3.63) is 53.4 Å². The molecule has 0 spiro atoms. The van der Waals surface area contributed by atoms with E-state index in [1.54, 1.807) is 12.3 Å². The highest BCUT2D eigenvalue weighted by atomic mass is 19.1. The van der Waals surface area contributed by atoms with Gasteiger partial charge in [-0.3, -0.25) is 0 Å². The minimum absolute atomic E-state index is 0.192. The van der Waals surface area contributed by atoms with Crippen LogP contribution in [0.2, 0.25) is 0 Å². The van der Waals surface area contributed by atoms with E-state index >= 15 is 0 Å². The Bertz CT molecular complexity index is 548. The number of imidazole rings is 1. The highest BCUT2D eigenvalue weighted by molar-refractivity contribution is 5.31. The summed E-state index contributed by atoms with van der Waals surface area (Å²) in [6.07, 6.45) is 4.61. The van der Waals surface area contributed by atoms with Crippen molar-refractivity contribution in [2.24, 2.45) is 7.05 Å². The molecule has 1 heterocycles. The van der Waals surface area contributed by atoms with Gasteiger partial charge in [-0.2, -0.15) is 0 Å². The maximum Gasteiger partial charge on any atom is 0.130 e. The molecule has 1 unspecified atom stereocenters. The first-order valence-corrected chi connectivity index (χ1v) is 6.60. The molecule has 1 aromatic heterocycles. The molecule has 0 radical (unpaired) electrons. The summed E-state index contributed by atoms with van der Waals surface area (Å²) >= 11 is 0. The summed E-state index contributed by atoms with van der Waals surface area (Å²) in [7, 11) is 1.93. The molecule has 0 amide bonds. The maximum atomic E-state index is 14.1. The van der Waals surface area contributed by atoms with E-state index in [-0.39, 0.29) is 11.9 Å². The highest BCUT2D eigenvalue weighted by Crippen LogP contribution is 2.24. The number of hydrogen-bond donors (Lipinski definition) is 1. The Morgan fingerprint density at radius 2 is 2.21 bits per heavy atom. The van der Waals surface area contributed by atoms with Gasteiger partial charge >= 0.3 is 0 Å². The molecule has 0 aliphatic rings. The summed E-state index contributed by atoms with van der Waals surface area (Å²) in [4.78, 5) is 4.35. The third kappa shape index (κ3) is 3.01. The molecule has 0 aliphatic carbocycles. The average Bonchev–Trinajstić information content (AvgIpc) is 2.80. The largest absolute Gasteiger partial charge is 0.336 e. The number of aryl methyl sites for hydroxylation is 2. The van der Waals surface area contributed by atoms with Crippen LogP contribution >= 0.6 is 0 Å². The van der Waals surface area contributed by atoms with Gasteiger partial charge in [-0.05, 0) is 26.0 Å². The molecule has 19 heavy (non-hydrogen) atoms. The second-order valence-electron chi connectivity index (χ2n) is 4.81. The van der Waals surface area contributed by atoms with Crippen molar-refractivity contribution in [3.63, 3.8) is 0 Å². The van der Waals surface area contributed by atoms with E-state index in [2.05, 4.69) is 17.2 Å². The predicted molar refractivity (Wildman–Crippen MR) is 74.5 cm³/mol. The lowest BCUT2D eigenvalue weighted by atomic mass is 10.0. The average molecular weight is 261 g/mol. The Labute approximate surface area is 113 Å². The Hall–Kier alpha value is -1.68. The normalized spacial score (nSPS) is 12.6.